The highest BCUT2D eigenvalue weighted by molar-refractivity contribution is 5.85. The summed E-state index contributed by atoms with van der Waals surface area (Å²) in [6.07, 6.45) is -0.726. The third-order valence-corrected chi connectivity index (χ3v) is 4.85. The van der Waals surface area contributed by atoms with Crippen LogP contribution in [0.3, 0.4) is 0 Å². The molecule has 0 spiro atoms. The van der Waals surface area contributed by atoms with Gasteiger partial charge in [-0.05, 0) is 24.1 Å². The number of aromatic nitrogens is 2. The first kappa shape index (κ1) is 19.8. The lowest BCUT2D eigenvalue weighted by atomic mass is 10.1. The fourth-order valence-corrected chi connectivity index (χ4v) is 3.38. The lowest BCUT2D eigenvalue weighted by molar-refractivity contribution is -0.122. The van der Waals surface area contributed by atoms with Gasteiger partial charge in [-0.2, -0.15) is 5.10 Å². The number of rotatable bonds is 6. The van der Waals surface area contributed by atoms with Crippen molar-refractivity contribution in [2.45, 2.75) is 38.1 Å². The Morgan fingerprint density at radius 3 is 2.64 bits per heavy atom. The van der Waals surface area contributed by atoms with Crippen LogP contribution in [-0.4, -0.2) is 62.2 Å². The summed E-state index contributed by atoms with van der Waals surface area (Å²) in [6.45, 7) is 2.28. The molecule has 1 aliphatic heterocycles. The Labute approximate surface area is 162 Å². The van der Waals surface area contributed by atoms with Crippen LogP contribution in [0.5, 0.6) is 0 Å². The van der Waals surface area contributed by atoms with Crippen LogP contribution < -0.4 is 5.73 Å². The average molecular weight is 388 g/mol. The number of hydrogen-bond acceptors (Lipinski definition) is 6. The second-order valence-electron chi connectivity index (χ2n) is 6.67. The van der Waals surface area contributed by atoms with Gasteiger partial charge in [0.05, 0.1) is 24.9 Å². The summed E-state index contributed by atoms with van der Waals surface area (Å²) >= 11 is 0. The highest BCUT2D eigenvalue weighted by Gasteiger charge is 2.39. The number of ether oxygens (including phenoxy) is 1. The van der Waals surface area contributed by atoms with Crippen molar-refractivity contribution in [1.82, 2.24) is 14.7 Å². The molecule has 4 N–H and O–H groups in total. The second kappa shape index (κ2) is 8.41. The summed E-state index contributed by atoms with van der Waals surface area (Å²) < 4.78 is 7.24. The normalized spacial score (nSPS) is 20.2. The number of aliphatic hydroxyl groups excluding tert-OH is 2. The third-order valence-electron chi connectivity index (χ3n) is 4.85. The van der Waals surface area contributed by atoms with Crippen LogP contribution in [-0.2, 0) is 16.1 Å². The minimum Gasteiger partial charge on any atom is -0.439 e. The lowest BCUT2D eigenvalue weighted by Crippen LogP contribution is -2.44. The molecule has 1 fully saturated rings. The van der Waals surface area contributed by atoms with Gasteiger partial charge in [-0.25, -0.2) is 4.79 Å². The average Bonchev–Trinajstić information content (AvgIpc) is 3.32. The molecule has 9 heteroatoms. The van der Waals surface area contributed by atoms with Crippen LogP contribution in [0.2, 0.25) is 0 Å². The number of nitrogens with zero attached hydrogens (tertiary/aromatic N) is 3. The van der Waals surface area contributed by atoms with Gasteiger partial charge in [0.2, 0.25) is 5.91 Å². The summed E-state index contributed by atoms with van der Waals surface area (Å²) in [5.74, 6) is -0.703. The Balaban J connectivity index is 1.73. The fourth-order valence-electron chi connectivity index (χ4n) is 3.38. The molecule has 28 heavy (non-hydrogen) atoms. The zero-order valence-electron chi connectivity index (χ0n) is 15.6. The minimum atomic E-state index is -0.918. The molecule has 3 rings (SSSR count). The maximum Gasteiger partial charge on any atom is 0.411 e. The first-order chi connectivity index (χ1) is 13.4. The van der Waals surface area contributed by atoms with Gasteiger partial charge in [0.25, 0.3) is 0 Å². The number of carbonyl (C=O) groups is 2. The maximum absolute atomic E-state index is 12.4. The van der Waals surface area contributed by atoms with Gasteiger partial charge in [0.1, 0.15) is 6.04 Å². The number of primary amides is 1. The quantitative estimate of drug-likeness (QED) is 0.666. The van der Waals surface area contributed by atoms with Crippen molar-refractivity contribution in [3.63, 3.8) is 0 Å². The van der Waals surface area contributed by atoms with Crippen molar-refractivity contribution < 1.29 is 24.5 Å². The molecule has 2 amide bonds. The van der Waals surface area contributed by atoms with Gasteiger partial charge < -0.3 is 20.7 Å². The van der Waals surface area contributed by atoms with Crippen molar-refractivity contribution in [2.75, 3.05) is 13.2 Å². The number of carbonyl (C=O) groups excluding carboxylic acids is 2. The van der Waals surface area contributed by atoms with E-state index in [-0.39, 0.29) is 13.0 Å². The second-order valence-corrected chi connectivity index (χ2v) is 6.67. The van der Waals surface area contributed by atoms with Crippen LogP contribution in [0, 0.1) is 0 Å². The van der Waals surface area contributed by atoms with Crippen LogP contribution >= 0.6 is 0 Å². The Hall–Kier alpha value is -2.91. The van der Waals surface area contributed by atoms with Crippen LogP contribution in [0.4, 0.5) is 4.79 Å². The van der Waals surface area contributed by atoms with Gasteiger partial charge in [0, 0.05) is 19.2 Å². The molecular weight excluding hydrogens is 364 g/mol. The third kappa shape index (κ3) is 4.00. The molecule has 1 saturated heterocycles. The van der Waals surface area contributed by atoms with E-state index in [1.165, 1.54) is 0 Å². The highest BCUT2D eigenvalue weighted by Crippen LogP contribution is 2.26. The topological polar surface area (TPSA) is 131 Å². The largest absolute Gasteiger partial charge is 0.439 e. The fraction of sp³-hybridized carbons (Fsp3) is 0.421. The van der Waals surface area contributed by atoms with E-state index in [0.29, 0.717) is 5.56 Å². The summed E-state index contributed by atoms with van der Waals surface area (Å²) in [5, 5.41) is 23.6. The van der Waals surface area contributed by atoms with E-state index in [9.17, 15) is 19.8 Å². The Bertz CT molecular complexity index is 835. The molecule has 1 aromatic heterocycles. The molecule has 3 atom stereocenters. The number of hydrogen-bond donors (Lipinski definition) is 3. The number of β-amino-alcohol motifs (C(OH)–C–C–N with tert-alkyl or cyclic N) is 1. The molecule has 1 aliphatic rings. The summed E-state index contributed by atoms with van der Waals surface area (Å²) in [7, 11) is 0. The Kier molecular flexibility index (Phi) is 5.96. The molecule has 9 nitrogen and oxygen atoms in total. The van der Waals surface area contributed by atoms with Crippen LogP contribution in [0.25, 0.3) is 11.3 Å². The molecule has 0 aliphatic carbocycles. The standard InChI is InChI=1S/C19H24N4O5/c1-2-23-15(7-8-21-23)12-3-5-13(6-4-12)17(11-24)28-19(27)22-10-14(25)9-16(22)18(20)26/h3-8,14,16-17,24-25H,2,9-11H2,1H3,(H2,20,26). The van der Waals surface area contributed by atoms with E-state index in [4.69, 9.17) is 10.5 Å². The number of likely N-dealkylation sites (tertiary alicyclic amines) is 1. The SMILES string of the molecule is CCn1nccc1-c1ccc(C(CO)OC(=O)N2CC(O)CC2C(N)=O)cc1. The first-order valence-corrected chi connectivity index (χ1v) is 9.12. The molecule has 2 heterocycles. The van der Waals surface area contributed by atoms with Crippen molar-refractivity contribution >= 4 is 12.0 Å². The van der Waals surface area contributed by atoms with Crippen molar-refractivity contribution in [3.8, 4) is 11.3 Å². The molecule has 3 unspecified atom stereocenters. The van der Waals surface area contributed by atoms with E-state index in [0.717, 1.165) is 22.7 Å². The number of aliphatic hydroxyl groups is 2. The minimum absolute atomic E-state index is 0.0372. The number of nitrogens with two attached hydrogens (primary N) is 1. The van der Waals surface area contributed by atoms with E-state index in [1.54, 1.807) is 18.3 Å². The number of aryl methyl sites for hydroxylation is 1. The molecule has 2 aromatic rings. The van der Waals surface area contributed by atoms with Gasteiger partial charge >= 0.3 is 6.09 Å². The van der Waals surface area contributed by atoms with Gasteiger partial charge in [-0.3, -0.25) is 14.4 Å². The predicted molar refractivity (Wildman–Crippen MR) is 100.0 cm³/mol. The zero-order chi connectivity index (χ0) is 20.3. The predicted octanol–water partition coefficient (Wildman–Crippen LogP) is 0.661. The van der Waals surface area contributed by atoms with E-state index in [1.807, 2.05) is 29.8 Å². The van der Waals surface area contributed by atoms with Crippen molar-refractivity contribution in [2.24, 2.45) is 5.73 Å². The monoisotopic (exact) mass is 388 g/mol. The van der Waals surface area contributed by atoms with Gasteiger partial charge in [0.15, 0.2) is 6.10 Å². The van der Waals surface area contributed by atoms with E-state index in [2.05, 4.69) is 5.10 Å². The number of amides is 2. The Morgan fingerprint density at radius 2 is 2.04 bits per heavy atom. The van der Waals surface area contributed by atoms with Crippen molar-refractivity contribution in [1.29, 1.82) is 0 Å². The first-order valence-electron chi connectivity index (χ1n) is 9.12. The molecule has 0 saturated carbocycles. The van der Waals surface area contributed by atoms with E-state index >= 15 is 0 Å². The Morgan fingerprint density at radius 1 is 1.32 bits per heavy atom. The zero-order valence-corrected chi connectivity index (χ0v) is 15.6. The molecule has 150 valence electrons. The molecular formula is C19H24N4O5. The van der Waals surface area contributed by atoms with Crippen LogP contribution in [0.15, 0.2) is 36.5 Å². The number of benzene rings is 1. The van der Waals surface area contributed by atoms with Gasteiger partial charge in [-0.1, -0.05) is 24.3 Å². The highest BCUT2D eigenvalue weighted by atomic mass is 16.6. The summed E-state index contributed by atoms with van der Waals surface area (Å²) in [6, 6.07) is 8.24. The van der Waals surface area contributed by atoms with Crippen molar-refractivity contribution in [3.05, 3.63) is 42.1 Å². The molecule has 0 radical (unpaired) electrons. The summed E-state index contributed by atoms with van der Waals surface area (Å²) in [4.78, 5) is 25.0. The summed E-state index contributed by atoms with van der Waals surface area (Å²) in [5.41, 5.74) is 7.81. The smallest absolute Gasteiger partial charge is 0.411 e. The van der Waals surface area contributed by atoms with Crippen LogP contribution in [0.1, 0.15) is 25.0 Å². The maximum atomic E-state index is 12.4. The molecule has 0 bridgehead atoms. The van der Waals surface area contributed by atoms with E-state index < -0.39 is 36.9 Å². The van der Waals surface area contributed by atoms with Gasteiger partial charge in [-0.15, -0.1) is 0 Å². The lowest BCUT2D eigenvalue weighted by Gasteiger charge is -2.24. The molecule has 1 aromatic carbocycles.